The molecule has 1 unspecified atom stereocenters. The summed E-state index contributed by atoms with van der Waals surface area (Å²) in [5.74, 6) is 5.72. The van der Waals surface area contributed by atoms with Crippen LogP contribution >= 0.6 is 0 Å². The predicted octanol–water partition coefficient (Wildman–Crippen LogP) is 1.72. The van der Waals surface area contributed by atoms with E-state index in [2.05, 4.69) is 21.5 Å². The summed E-state index contributed by atoms with van der Waals surface area (Å²) in [4.78, 5) is 8.54. The number of imidazole rings is 1. The Morgan fingerprint density at radius 3 is 2.90 bits per heavy atom. The fourth-order valence-electron chi connectivity index (χ4n) is 2.51. The molecule has 3 aromatic rings. The summed E-state index contributed by atoms with van der Waals surface area (Å²) in [7, 11) is 1.97. The van der Waals surface area contributed by atoms with Gasteiger partial charge in [-0.2, -0.15) is 0 Å². The van der Waals surface area contributed by atoms with Crippen LogP contribution in [0.3, 0.4) is 0 Å². The average Bonchev–Trinajstić information content (AvgIpc) is 2.91. The Morgan fingerprint density at radius 1 is 1.30 bits per heavy atom. The van der Waals surface area contributed by atoms with Crippen molar-refractivity contribution in [3.05, 3.63) is 60.3 Å². The van der Waals surface area contributed by atoms with Gasteiger partial charge in [-0.25, -0.2) is 4.98 Å². The minimum Gasteiger partial charge on any atom is -0.336 e. The summed E-state index contributed by atoms with van der Waals surface area (Å²) in [6, 6.07) is 10.2. The van der Waals surface area contributed by atoms with Crippen LogP contribution in [0.1, 0.15) is 17.3 Å². The molecule has 1 atom stereocenters. The Balaban J connectivity index is 1.98. The van der Waals surface area contributed by atoms with E-state index in [0.717, 1.165) is 23.0 Å². The van der Waals surface area contributed by atoms with E-state index in [4.69, 9.17) is 5.84 Å². The second-order valence-electron chi connectivity index (χ2n) is 4.84. The molecule has 102 valence electrons. The van der Waals surface area contributed by atoms with E-state index < -0.39 is 0 Å². The van der Waals surface area contributed by atoms with Crippen LogP contribution in [-0.4, -0.2) is 14.5 Å². The van der Waals surface area contributed by atoms with Crippen LogP contribution in [-0.2, 0) is 13.5 Å². The average molecular weight is 267 g/mol. The number of hydrogen-bond donors (Lipinski definition) is 2. The minimum atomic E-state index is 0.0216. The lowest BCUT2D eigenvalue weighted by molar-refractivity contribution is 0.523. The molecule has 3 N–H and O–H groups in total. The maximum Gasteiger partial charge on any atom is 0.0946 e. The smallest absolute Gasteiger partial charge is 0.0946 e. The monoisotopic (exact) mass is 267 g/mol. The van der Waals surface area contributed by atoms with E-state index in [1.807, 2.05) is 48.3 Å². The highest BCUT2D eigenvalue weighted by Crippen LogP contribution is 2.22. The zero-order valence-electron chi connectivity index (χ0n) is 11.3. The molecule has 0 radical (unpaired) electrons. The van der Waals surface area contributed by atoms with Crippen molar-refractivity contribution in [3.63, 3.8) is 0 Å². The molecule has 0 spiro atoms. The number of hydrazine groups is 1. The van der Waals surface area contributed by atoms with E-state index in [0.29, 0.717) is 0 Å². The van der Waals surface area contributed by atoms with Crippen LogP contribution in [0.4, 0.5) is 0 Å². The van der Waals surface area contributed by atoms with Crippen LogP contribution in [0, 0.1) is 0 Å². The molecule has 2 heterocycles. The molecule has 0 saturated carbocycles. The number of nitrogens with one attached hydrogen (secondary N) is 1. The molecule has 2 aromatic heterocycles. The van der Waals surface area contributed by atoms with Crippen molar-refractivity contribution in [3.8, 4) is 0 Å². The van der Waals surface area contributed by atoms with Gasteiger partial charge in [0.1, 0.15) is 0 Å². The number of rotatable bonds is 4. The number of fused-ring (bicyclic) bond motifs is 1. The second-order valence-corrected chi connectivity index (χ2v) is 4.84. The van der Waals surface area contributed by atoms with Crippen molar-refractivity contribution in [2.24, 2.45) is 12.9 Å². The molecule has 1 aromatic carbocycles. The Labute approximate surface area is 117 Å². The van der Waals surface area contributed by atoms with Crippen molar-refractivity contribution in [1.82, 2.24) is 20.0 Å². The van der Waals surface area contributed by atoms with Crippen LogP contribution < -0.4 is 11.3 Å². The van der Waals surface area contributed by atoms with Gasteiger partial charge < -0.3 is 4.57 Å². The first-order valence-corrected chi connectivity index (χ1v) is 6.54. The highest BCUT2D eigenvalue weighted by atomic mass is 15.2. The normalized spacial score (nSPS) is 12.7. The minimum absolute atomic E-state index is 0.0216. The molecule has 0 aliphatic heterocycles. The van der Waals surface area contributed by atoms with Crippen molar-refractivity contribution in [2.75, 3.05) is 0 Å². The van der Waals surface area contributed by atoms with Crippen LogP contribution in [0.5, 0.6) is 0 Å². The lowest BCUT2D eigenvalue weighted by atomic mass is 10.0. The summed E-state index contributed by atoms with van der Waals surface area (Å²) in [6.45, 7) is 0. The number of aryl methyl sites for hydroxylation is 1. The summed E-state index contributed by atoms with van der Waals surface area (Å²) in [5.41, 5.74) is 6.17. The first-order chi connectivity index (χ1) is 9.79. The lowest BCUT2D eigenvalue weighted by Crippen LogP contribution is -2.31. The van der Waals surface area contributed by atoms with Gasteiger partial charge in [0.15, 0.2) is 0 Å². The summed E-state index contributed by atoms with van der Waals surface area (Å²) >= 11 is 0. The fourth-order valence-corrected chi connectivity index (χ4v) is 2.51. The molecule has 0 bridgehead atoms. The number of para-hydroxylation sites is 1. The quantitative estimate of drug-likeness (QED) is 0.558. The Bertz CT molecular complexity index is 714. The Morgan fingerprint density at radius 2 is 2.15 bits per heavy atom. The van der Waals surface area contributed by atoms with Crippen LogP contribution in [0.15, 0.2) is 49.1 Å². The van der Waals surface area contributed by atoms with Gasteiger partial charge in [-0.1, -0.05) is 18.2 Å². The Kier molecular flexibility index (Phi) is 3.45. The molecule has 20 heavy (non-hydrogen) atoms. The third kappa shape index (κ3) is 2.29. The van der Waals surface area contributed by atoms with Gasteiger partial charge in [-0.15, -0.1) is 0 Å². The number of nitrogens with zero attached hydrogens (tertiary/aromatic N) is 3. The standard InChI is InChI=1S/C15H17N5/c1-20-10-17-9-15(20)14(19-16)8-11-6-7-18-13-5-3-2-4-12(11)13/h2-7,9-10,14,19H,8,16H2,1H3. The van der Waals surface area contributed by atoms with Gasteiger partial charge in [0.2, 0.25) is 0 Å². The molecule has 5 heteroatoms. The topological polar surface area (TPSA) is 68.8 Å². The zero-order chi connectivity index (χ0) is 13.9. The van der Waals surface area contributed by atoms with E-state index in [1.54, 1.807) is 6.33 Å². The molecule has 3 rings (SSSR count). The van der Waals surface area contributed by atoms with E-state index in [-0.39, 0.29) is 6.04 Å². The largest absolute Gasteiger partial charge is 0.336 e. The molecule has 0 aliphatic carbocycles. The summed E-state index contributed by atoms with van der Waals surface area (Å²) < 4.78 is 1.98. The van der Waals surface area contributed by atoms with Crippen LogP contribution in [0.25, 0.3) is 10.9 Å². The second kappa shape index (κ2) is 5.40. The summed E-state index contributed by atoms with van der Waals surface area (Å²) in [5, 5.41) is 1.16. The number of hydrogen-bond acceptors (Lipinski definition) is 4. The van der Waals surface area contributed by atoms with Gasteiger partial charge in [-0.3, -0.25) is 16.3 Å². The van der Waals surface area contributed by atoms with Crippen molar-refractivity contribution < 1.29 is 0 Å². The molecular weight excluding hydrogens is 250 g/mol. The highest BCUT2D eigenvalue weighted by molar-refractivity contribution is 5.81. The Hall–Kier alpha value is -2.24. The molecule has 0 fully saturated rings. The highest BCUT2D eigenvalue weighted by Gasteiger charge is 2.15. The maximum absolute atomic E-state index is 5.72. The number of nitrogens with two attached hydrogens (primary N) is 1. The third-order valence-electron chi connectivity index (χ3n) is 3.58. The molecule has 0 amide bonds. The molecule has 0 aliphatic rings. The van der Waals surface area contributed by atoms with Crippen molar-refractivity contribution in [2.45, 2.75) is 12.5 Å². The fraction of sp³-hybridized carbons (Fsp3) is 0.200. The SMILES string of the molecule is Cn1cncc1C(Cc1ccnc2ccccc12)NN. The molecule has 5 nitrogen and oxygen atoms in total. The zero-order valence-corrected chi connectivity index (χ0v) is 11.3. The van der Waals surface area contributed by atoms with Gasteiger partial charge in [0.05, 0.1) is 23.6 Å². The van der Waals surface area contributed by atoms with Gasteiger partial charge in [-0.05, 0) is 24.1 Å². The van der Waals surface area contributed by atoms with Crippen LogP contribution in [0.2, 0.25) is 0 Å². The lowest BCUT2D eigenvalue weighted by Gasteiger charge is -2.17. The first kappa shape index (κ1) is 12.8. The summed E-state index contributed by atoms with van der Waals surface area (Å²) in [6.07, 6.45) is 6.26. The maximum atomic E-state index is 5.72. The third-order valence-corrected chi connectivity index (χ3v) is 3.58. The van der Waals surface area contributed by atoms with Crippen molar-refractivity contribution in [1.29, 1.82) is 0 Å². The number of pyridine rings is 1. The predicted molar refractivity (Wildman–Crippen MR) is 78.7 cm³/mol. The van der Waals surface area contributed by atoms with E-state index >= 15 is 0 Å². The molecule has 0 saturated heterocycles. The van der Waals surface area contributed by atoms with E-state index in [1.165, 1.54) is 5.56 Å². The van der Waals surface area contributed by atoms with Gasteiger partial charge in [0, 0.05) is 24.8 Å². The van der Waals surface area contributed by atoms with Gasteiger partial charge >= 0.3 is 0 Å². The number of aromatic nitrogens is 3. The van der Waals surface area contributed by atoms with E-state index in [9.17, 15) is 0 Å². The van der Waals surface area contributed by atoms with Crippen molar-refractivity contribution >= 4 is 10.9 Å². The number of benzene rings is 1. The molecular formula is C15H17N5. The first-order valence-electron chi connectivity index (χ1n) is 6.54. The van der Waals surface area contributed by atoms with Gasteiger partial charge in [0.25, 0.3) is 0 Å².